The molecule has 0 bridgehead atoms. The number of H-pyrrole nitrogens is 1. The topological polar surface area (TPSA) is 80.6 Å². The van der Waals surface area contributed by atoms with Crippen molar-refractivity contribution in [3.63, 3.8) is 0 Å². The highest BCUT2D eigenvalue weighted by Crippen LogP contribution is 2.27. The van der Waals surface area contributed by atoms with E-state index >= 15 is 0 Å². The number of fused-ring (bicyclic) bond motifs is 1. The molecule has 0 aliphatic carbocycles. The average molecular weight is 260 g/mol. The van der Waals surface area contributed by atoms with E-state index in [2.05, 4.69) is 4.98 Å². The summed E-state index contributed by atoms with van der Waals surface area (Å²) in [6.45, 7) is 0. The lowest BCUT2D eigenvalue weighted by Gasteiger charge is -2.11. The van der Waals surface area contributed by atoms with E-state index in [1.165, 1.54) is 12.1 Å². The summed E-state index contributed by atoms with van der Waals surface area (Å²) in [5.41, 5.74) is -0.494. The lowest BCUT2D eigenvalue weighted by molar-refractivity contribution is -0.991. The van der Waals surface area contributed by atoms with Gasteiger partial charge in [0.15, 0.2) is 5.69 Å². The highest BCUT2D eigenvalue weighted by Gasteiger charge is 2.40. The molecule has 0 aliphatic heterocycles. The van der Waals surface area contributed by atoms with Gasteiger partial charge in [-0.1, -0.05) is 0 Å². The summed E-state index contributed by atoms with van der Waals surface area (Å²) in [6, 6.07) is 3.59. The minimum Gasteiger partial charge on any atom is -0.595 e. The molecule has 0 fully saturated rings. The first-order valence-electron chi connectivity index (χ1n) is 4.76. The van der Waals surface area contributed by atoms with E-state index in [-0.39, 0.29) is 16.6 Å². The highest BCUT2D eigenvalue weighted by molar-refractivity contribution is 6.10. The van der Waals surface area contributed by atoms with Crippen LogP contribution in [-0.4, -0.2) is 22.2 Å². The number of alkyl halides is 3. The molecule has 0 spiro atoms. The Kier molecular flexibility index (Phi) is 2.85. The molecule has 0 saturated carbocycles. The number of quaternary nitrogens is 1. The van der Waals surface area contributed by atoms with Crippen LogP contribution in [-0.2, 0) is 0 Å². The second-order valence-electron chi connectivity index (χ2n) is 3.59. The number of aromatic nitrogens is 1. The van der Waals surface area contributed by atoms with Gasteiger partial charge < -0.3 is 10.2 Å². The summed E-state index contributed by atoms with van der Waals surface area (Å²) < 4.78 is 37.0. The average Bonchev–Trinajstić information content (AvgIpc) is 2.68. The van der Waals surface area contributed by atoms with Crippen LogP contribution in [0.3, 0.4) is 0 Å². The summed E-state index contributed by atoms with van der Waals surface area (Å²) in [5, 5.41) is 18.1. The number of ketones is 1. The van der Waals surface area contributed by atoms with Crippen LogP contribution in [0.5, 0.6) is 0 Å². The van der Waals surface area contributed by atoms with E-state index in [4.69, 9.17) is 5.21 Å². The molecule has 18 heavy (non-hydrogen) atoms. The van der Waals surface area contributed by atoms with Crippen LogP contribution in [0.2, 0.25) is 0 Å². The molecule has 0 saturated heterocycles. The van der Waals surface area contributed by atoms with Gasteiger partial charge in [0, 0.05) is 29.2 Å². The minimum absolute atomic E-state index is 0.0581. The van der Waals surface area contributed by atoms with Crippen molar-refractivity contribution >= 4 is 22.4 Å². The van der Waals surface area contributed by atoms with Crippen LogP contribution < -0.4 is 5.23 Å². The number of carbonyl (C=O) groups excluding carboxylic acids is 1. The number of nitrogens with one attached hydrogen (secondary N) is 2. The fourth-order valence-corrected chi connectivity index (χ4v) is 1.59. The van der Waals surface area contributed by atoms with E-state index in [0.29, 0.717) is 0 Å². The summed E-state index contributed by atoms with van der Waals surface area (Å²) >= 11 is 0. The Hall–Kier alpha value is -1.90. The molecule has 0 aliphatic rings. The number of carbonyl (C=O) groups is 1. The number of Topliss-reactive ketones (excluding diaryl/α,β-unsaturated/α-hetero) is 1. The van der Waals surface area contributed by atoms with Crippen LogP contribution in [0.1, 0.15) is 10.4 Å². The van der Waals surface area contributed by atoms with Crippen LogP contribution in [0.25, 0.3) is 10.9 Å². The zero-order chi connectivity index (χ0) is 13.5. The molecular formula is C10H7F3N2O3. The van der Waals surface area contributed by atoms with Crippen molar-refractivity contribution in [1.29, 1.82) is 0 Å². The van der Waals surface area contributed by atoms with Crippen molar-refractivity contribution < 1.29 is 28.4 Å². The van der Waals surface area contributed by atoms with Crippen LogP contribution >= 0.6 is 0 Å². The number of rotatable bonds is 2. The first-order valence-corrected chi connectivity index (χ1v) is 4.76. The molecule has 2 rings (SSSR count). The Morgan fingerprint density at radius 1 is 1.39 bits per heavy atom. The van der Waals surface area contributed by atoms with Gasteiger partial charge in [0.2, 0.25) is 0 Å². The third-order valence-corrected chi connectivity index (χ3v) is 2.43. The maximum Gasteiger partial charge on any atom is 0.454 e. The van der Waals surface area contributed by atoms with E-state index in [1.54, 1.807) is 0 Å². The van der Waals surface area contributed by atoms with Crippen molar-refractivity contribution in [3.05, 3.63) is 35.2 Å². The van der Waals surface area contributed by atoms with Crippen molar-refractivity contribution in [2.75, 3.05) is 0 Å². The number of halogens is 3. The van der Waals surface area contributed by atoms with Crippen molar-refractivity contribution in [2.24, 2.45) is 0 Å². The van der Waals surface area contributed by atoms with Gasteiger partial charge in [-0.05, 0) is 6.07 Å². The maximum atomic E-state index is 12.3. The van der Waals surface area contributed by atoms with E-state index in [0.717, 1.165) is 12.3 Å². The van der Waals surface area contributed by atoms with E-state index < -0.39 is 22.7 Å². The molecule has 8 heteroatoms. The Bertz CT molecular complexity index is 604. The number of aromatic amines is 1. The zero-order valence-corrected chi connectivity index (χ0v) is 8.71. The molecule has 3 N–H and O–H groups in total. The predicted molar refractivity (Wildman–Crippen MR) is 54.5 cm³/mol. The summed E-state index contributed by atoms with van der Waals surface area (Å²) in [4.78, 5) is 13.6. The lowest BCUT2D eigenvalue weighted by Crippen LogP contribution is -2.99. The Labute approximate surface area is 98.0 Å². The molecule has 96 valence electrons. The first-order chi connectivity index (χ1) is 8.30. The summed E-state index contributed by atoms with van der Waals surface area (Å²) in [5.74, 6) is -2.00. The van der Waals surface area contributed by atoms with Crippen LogP contribution in [0, 0.1) is 5.21 Å². The minimum atomic E-state index is -4.99. The van der Waals surface area contributed by atoms with Crippen molar-refractivity contribution in [2.45, 2.75) is 6.18 Å². The van der Waals surface area contributed by atoms with Gasteiger partial charge in [-0.3, -0.25) is 4.79 Å². The number of hydrogen-bond donors (Lipinski definition) is 3. The highest BCUT2D eigenvalue weighted by atomic mass is 19.4. The maximum absolute atomic E-state index is 12.3. The second kappa shape index (κ2) is 4.09. The predicted octanol–water partition coefficient (Wildman–Crippen LogP) is 1.32. The Morgan fingerprint density at radius 2 is 2.06 bits per heavy atom. The fraction of sp³-hybridized carbons (Fsp3) is 0.100. The van der Waals surface area contributed by atoms with Gasteiger partial charge in [-0.2, -0.15) is 18.4 Å². The zero-order valence-electron chi connectivity index (χ0n) is 8.71. The second-order valence-corrected chi connectivity index (χ2v) is 3.59. The van der Waals surface area contributed by atoms with Gasteiger partial charge in [0.25, 0.3) is 5.78 Å². The number of benzene rings is 1. The molecule has 2 aromatic rings. The molecule has 1 heterocycles. The third kappa shape index (κ3) is 2.08. The van der Waals surface area contributed by atoms with E-state index in [9.17, 15) is 23.2 Å². The molecule has 1 aromatic carbocycles. The van der Waals surface area contributed by atoms with Gasteiger partial charge >= 0.3 is 6.18 Å². The van der Waals surface area contributed by atoms with Crippen LogP contribution in [0.15, 0.2) is 24.4 Å². The molecule has 1 unspecified atom stereocenters. The van der Waals surface area contributed by atoms with Gasteiger partial charge in [0.05, 0.1) is 5.56 Å². The standard InChI is InChI=1S/C10H7F3N2O3/c11-10(12,13)9(16)7-4-14-8-2-1-5(15(17)18)3-6(7)8/h1-4,14-15,17H. The molecule has 5 nitrogen and oxygen atoms in total. The quantitative estimate of drug-likeness (QED) is 0.562. The van der Waals surface area contributed by atoms with Gasteiger partial charge in [0.1, 0.15) is 0 Å². The molecule has 1 atom stereocenters. The SMILES string of the molecule is O=C(c1c[nH]c2ccc([NH+]([O-])O)cc12)C(F)(F)F. The Morgan fingerprint density at radius 3 is 2.61 bits per heavy atom. The molecule has 0 radical (unpaired) electrons. The monoisotopic (exact) mass is 260 g/mol. The van der Waals surface area contributed by atoms with Crippen molar-refractivity contribution in [1.82, 2.24) is 4.98 Å². The van der Waals surface area contributed by atoms with Crippen molar-refractivity contribution in [3.8, 4) is 0 Å². The largest absolute Gasteiger partial charge is 0.595 e. The van der Waals surface area contributed by atoms with Gasteiger partial charge in [-0.15, -0.1) is 0 Å². The third-order valence-electron chi connectivity index (χ3n) is 2.43. The smallest absolute Gasteiger partial charge is 0.454 e. The van der Waals surface area contributed by atoms with Crippen LogP contribution in [0.4, 0.5) is 18.9 Å². The van der Waals surface area contributed by atoms with Gasteiger partial charge in [-0.25, -0.2) is 5.21 Å². The molecular weight excluding hydrogens is 253 g/mol. The normalized spacial score (nSPS) is 13.8. The fourth-order valence-electron chi connectivity index (χ4n) is 1.59. The number of hydrogen-bond acceptors (Lipinski definition) is 3. The lowest BCUT2D eigenvalue weighted by atomic mass is 10.1. The first kappa shape index (κ1) is 12.6. The summed E-state index contributed by atoms with van der Waals surface area (Å²) in [6.07, 6.45) is -4.07. The molecule has 0 amide bonds. The Balaban J connectivity index is 2.59. The van der Waals surface area contributed by atoms with E-state index in [1.807, 2.05) is 0 Å². The summed E-state index contributed by atoms with van der Waals surface area (Å²) in [7, 11) is 0. The molecule has 1 aromatic heterocycles.